The van der Waals surface area contributed by atoms with Crippen molar-refractivity contribution in [2.75, 3.05) is 0 Å². The zero-order valence-electron chi connectivity index (χ0n) is 5.35. The van der Waals surface area contributed by atoms with E-state index in [-0.39, 0.29) is 0 Å². The van der Waals surface area contributed by atoms with Gasteiger partial charge in [0.15, 0.2) is 0 Å². The summed E-state index contributed by atoms with van der Waals surface area (Å²) in [5.41, 5.74) is 0. The Balaban J connectivity index is 2.97. The lowest BCUT2D eigenvalue weighted by Crippen LogP contribution is -1.93. The van der Waals surface area contributed by atoms with E-state index in [0.717, 1.165) is 15.8 Å². The molecule has 0 saturated carbocycles. The molecule has 3 heteroatoms. The van der Waals surface area contributed by atoms with Gasteiger partial charge >= 0.3 is 0 Å². The van der Waals surface area contributed by atoms with Gasteiger partial charge in [-0.3, -0.25) is 0 Å². The van der Waals surface area contributed by atoms with Crippen LogP contribution in [0.2, 0.25) is 0 Å². The maximum atomic E-state index is 3.66. The summed E-state index contributed by atoms with van der Waals surface area (Å²) in [5.74, 6) is 0. The van der Waals surface area contributed by atoms with Gasteiger partial charge in [-0.15, -0.1) is 6.58 Å². The van der Waals surface area contributed by atoms with Crippen molar-refractivity contribution in [3.63, 3.8) is 0 Å². The lowest BCUT2D eigenvalue weighted by atomic mass is 10.6. The molecular formula is C7H7Br2N. The molecule has 0 aromatic carbocycles. The minimum atomic E-state index is 0.828. The van der Waals surface area contributed by atoms with Crippen molar-refractivity contribution < 1.29 is 0 Å². The van der Waals surface area contributed by atoms with E-state index in [2.05, 4.69) is 43.0 Å². The highest BCUT2D eigenvalue weighted by molar-refractivity contribution is 9.11. The fraction of sp³-hybridized carbons (Fsp3) is 0.143. The van der Waals surface area contributed by atoms with Crippen molar-refractivity contribution >= 4 is 31.9 Å². The lowest BCUT2D eigenvalue weighted by molar-refractivity contribution is 0.791. The Morgan fingerprint density at radius 2 is 1.90 bits per heavy atom. The Kier molecular flexibility index (Phi) is 2.74. The number of aromatic nitrogens is 1. The number of rotatable bonds is 2. The Labute approximate surface area is 77.0 Å². The smallest absolute Gasteiger partial charge is 0.0858 e. The van der Waals surface area contributed by atoms with E-state index >= 15 is 0 Å². The first kappa shape index (κ1) is 8.08. The van der Waals surface area contributed by atoms with Gasteiger partial charge < -0.3 is 4.57 Å². The van der Waals surface area contributed by atoms with Crippen LogP contribution in [0, 0.1) is 0 Å². The van der Waals surface area contributed by atoms with Crippen molar-refractivity contribution in [1.82, 2.24) is 4.57 Å². The predicted octanol–water partition coefficient (Wildman–Crippen LogP) is 3.20. The molecule has 0 radical (unpaired) electrons. The first-order valence-corrected chi connectivity index (χ1v) is 4.45. The van der Waals surface area contributed by atoms with Crippen LogP contribution in [-0.2, 0) is 6.54 Å². The Hall–Kier alpha value is -0.0200. The molecule has 54 valence electrons. The van der Waals surface area contributed by atoms with Crippen LogP contribution in [0.15, 0.2) is 34.0 Å². The molecule has 0 bridgehead atoms. The number of nitrogens with zero attached hydrogens (tertiary/aromatic N) is 1. The minimum absolute atomic E-state index is 0.828. The maximum absolute atomic E-state index is 3.66. The minimum Gasteiger partial charge on any atom is -0.326 e. The van der Waals surface area contributed by atoms with Gasteiger partial charge in [0.1, 0.15) is 0 Å². The zero-order chi connectivity index (χ0) is 7.56. The third-order valence-corrected chi connectivity index (χ3v) is 2.57. The molecule has 1 aromatic heterocycles. The van der Waals surface area contributed by atoms with Crippen molar-refractivity contribution in [3.05, 3.63) is 34.0 Å². The van der Waals surface area contributed by atoms with Crippen molar-refractivity contribution in [3.8, 4) is 0 Å². The van der Waals surface area contributed by atoms with Gasteiger partial charge in [-0.25, -0.2) is 0 Å². The van der Waals surface area contributed by atoms with Crippen LogP contribution in [0.25, 0.3) is 0 Å². The molecule has 10 heavy (non-hydrogen) atoms. The largest absolute Gasteiger partial charge is 0.326 e. The Morgan fingerprint density at radius 1 is 1.40 bits per heavy atom. The zero-order valence-corrected chi connectivity index (χ0v) is 8.52. The summed E-state index contributed by atoms with van der Waals surface area (Å²) in [6, 6.07) is 3.99. The maximum Gasteiger partial charge on any atom is 0.0858 e. The summed E-state index contributed by atoms with van der Waals surface area (Å²) in [6.45, 7) is 4.48. The SMILES string of the molecule is C=CCn1c(Br)ccc1Br. The van der Waals surface area contributed by atoms with Gasteiger partial charge in [0.2, 0.25) is 0 Å². The van der Waals surface area contributed by atoms with Crippen LogP contribution in [0.4, 0.5) is 0 Å². The van der Waals surface area contributed by atoms with E-state index in [1.54, 1.807) is 0 Å². The molecule has 0 spiro atoms. The predicted molar refractivity (Wildman–Crippen MR) is 50.0 cm³/mol. The lowest BCUT2D eigenvalue weighted by Gasteiger charge is -2.00. The molecule has 1 rings (SSSR count). The Bertz CT molecular complexity index is 220. The monoisotopic (exact) mass is 263 g/mol. The molecule has 0 amide bonds. The summed E-state index contributed by atoms with van der Waals surface area (Å²) >= 11 is 6.81. The highest BCUT2D eigenvalue weighted by Gasteiger charge is 1.99. The van der Waals surface area contributed by atoms with Crippen LogP contribution >= 0.6 is 31.9 Å². The Morgan fingerprint density at radius 3 is 2.30 bits per heavy atom. The number of hydrogen-bond acceptors (Lipinski definition) is 0. The summed E-state index contributed by atoms with van der Waals surface area (Å²) in [5, 5.41) is 0. The topological polar surface area (TPSA) is 4.93 Å². The average molecular weight is 265 g/mol. The number of allylic oxidation sites excluding steroid dienone is 1. The van der Waals surface area contributed by atoms with Gasteiger partial charge in [0.05, 0.1) is 9.21 Å². The van der Waals surface area contributed by atoms with Gasteiger partial charge in [-0.1, -0.05) is 6.08 Å². The number of hydrogen-bond donors (Lipinski definition) is 0. The quantitative estimate of drug-likeness (QED) is 0.723. The summed E-state index contributed by atoms with van der Waals surface area (Å²) in [4.78, 5) is 0. The molecular weight excluding hydrogens is 258 g/mol. The summed E-state index contributed by atoms with van der Waals surface area (Å²) in [7, 11) is 0. The normalized spacial score (nSPS) is 9.80. The van der Waals surface area contributed by atoms with Gasteiger partial charge in [-0.2, -0.15) is 0 Å². The van der Waals surface area contributed by atoms with Crippen molar-refractivity contribution in [2.24, 2.45) is 0 Å². The average Bonchev–Trinajstić information content (AvgIpc) is 2.20. The van der Waals surface area contributed by atoms with E-state index < -0.39 is 0 Å². The molecule has 1 aromatic rings. The fourth-order valence-corrected chi connectivity index (χ4v) is 1.90. The van der Waals surface area contributed by atoms with Crippen LogP contribution in [0.5, 0.6) is 0 Å². The molecule has 0 unspecified atom stereocenters. The first-order chi connectivity index (χ1) is 4.75. The van der Waals surface area contributed by atoms with Crippen LogP contribution < -0.4 is 0 Å². The van der Waals surface area contributed by atoms with E-state index in [9.17, 15) is 0 Å². The molecule has 1 nitrogen and oxygen atoms in total. The van der Waals surface area contributed by atoms with E-state index in [4.69, 9.17) is 0 Å². The van der Waals surface area contributed by atoms with E-state index in [1.165, 1.54) is 0 Å². The molecule has 0 aliphatic heterocycles. The highest BCUT2D eigenvalue weighted by atomic mass is 79.9. The third kappa shape index (κ3) is 1.52. The second-order valence-electron chi connectivity index (χ2n) is 1.88. The van der Waals surface area contributed by atoms with Gasteiger partial charge in [0, 0.05) is 6.54 Å². The van der Waals surface area contributed by atoms with Crippen LogP contribution in [-0.4, -0.2) is 4.57 Å². The first-order valence-electron chi connectivity index (χ1n) is 2.87. The second kappa shape index (κ2) is 3.39. The summed E-state index contributed by atoms with van der Waals surface area (Å²) < 4.78 is 4.20. The second-order valence-corrected chi connectivity index (χ2v) is 3.50. The van der Waals surface area contributed by atoms with E-state index in [1.807, 2.05) is 18.2 Å². The molecule has 0 N–H and O–H groups in total. The van der Waals surface area contributed by atoms with Crippen LogP contribution in [0.1, 0.15) is 0 Å². The van der Waals surface area contributed by atoms with Crippen molar-refractivity contribution in [2.45, 2.75) is 6.54 Å². The standard InChI is InChI=1S/C7H7Br2N/c1-2-5-10-6(8)3-4-7(10)9/h2-4H,1,5H2. The third-order valence-electron chi connectivity index (χ3n) is 1.19. The number of halogens is 2. The van der Waals surface area contributed by atoms with Gasteiger partial charge in [0.25, 0.3) is 0 Å². The molecule has 0 saturated heterocycles. The molecule has 0 aliphatic carbocycles. The summed E-state index contributed by atoms with van der Waals surface area (Å²) in [6.07, 6.45) is 1.86. The molecule has 0 atom stereocenters. The van der Waals surface area contributed by atoms with Crippen LogP contribution in [0.3, 0.4) is 0 Å². The fourth-order valence-electron chi connectivity index (χ4n) is 0.723. The van der Waals surface area contributed by atoms with Crippen molar-refractivity contribution in [1.29, 1.82) is 0 Å². The molecule has 0 fully saturated rings. The van der Waals surface area contributed by atoms with E-state index in [0.29, 0.717) is 0 Å². The molecule has 0 aliphatic rings. The molecule has 1 heterocycles. The highest BCUT2D eigenvalue weighted by Crippen LogP contribution is 2.19. The van der Waals surface area contributed by atoms with Gasteiger partial charge in [-0.05, 0) is 44.0 Å².